The number of hydrogen-bond acceptors (Lipinski definition) is 3. The summed E-state index contributed by atoms with van der Waals surface area (Å²) in [4.78, 5) is 11.9. The summed E-state index contributed by atoms with van der Waals surface area (Å²) in [7, 11) is 3.14. The zero-order valence-electron chi connectivity index (χ0n) is 14.0. The molecule has 0 aromatic heterocycles. The first-order chi connectivity index (χ1) is 12.0. The molecule has 132 valence electrons. The summed E-state index contributed by atoms with van der Waals surface area (Å²) in [5.41, 5.74) is 1.66. The molecule has 0 atom stereocenters. The largest absolute Gasteiger partial charge is 0.493 e. The highest BCUT2D eigenvalue weighted by Gasteiger charge is 2.06. The third-order valence-corrected chi connectivity index (χ3v) is 4.28. The number of benzene rings is 2. The highest BCUT2D eigenvalue weighted by molar-refractivity contribution is 6.36. The van der Waals surface area contributed by atoms with E-state index in [9.17, 15) is 4.79 Å². The Morgan fingerprint density at radius 3 is 2.40 bits per heavy atom. The molecule has 0 bridgehead atoms. The van der Waals surface area contributed by atoms with Crippen LogP contribution in [0.2, 0.25) is 10.0 Å². The van der Waals surface area contributed by atoms with Gasteiger partial charge in [-0.1, -0.05) is 35.3 Å². The molecule has 2 aromatic rings. The van der Waals surface area contributed by atoms with Gasteiger partial charge in [0.25, 0.3) is 0 Å². The molecule has 0 unspecified atom stereocenters. The molecule has 0 aliphatic carbocycles. The number of nitrogens with one attached hydrogen (secondary N) is 1. The van der Waals surface area contributed by atoms with Gasteiger partial charge in [0.05, 0.1) is 14.2 Å². The molecule has 1 amide bonds. The fourth-order valence-electron chi connectivity index (χ4n) is 2.27. The lowest BCUT2D eigenvalue weighted by molar-refractivity contribution is -0.116. The van der Waals surface area contributed by atoms with Crippen LogP contribution >= 0.6 is 23.2 Å². The zero-order chi connectivity index (χ0) is 18.2. The highest BCUT2D eigenvalue weighted by atomic mass is 35.5. The Balaban J connectivity index is 1.91. The highest BCUT2D eigenvalue weighted by Crippen LogP contribution is 2.28. The van der Waals surface area contributed by atoms with Crippen molar-refractivity contribution in [1.29, 1.82) is 0 Å². The van der Waals surface area contributed by atoms with Crippen LogP contribution < -0.4 is 14.8 Å². The average molecular weight is 380 g/mol. The van der Waals surface area contributed by atoms with Crippen molar-refractivity contribution in [2.45, 2.75) is 6.42 Å². The third-order valence-electron chi connectivity index (χ3n) is 3.57. The fraction of sp³-hybridized carbons (Fsp3) is 0.211. The molecule has 1 N–H and O–H groups in total. The predicted octanol–water partition coefficient (Wildman–Crippen LogP) is 4.38. The van der Waals surface area contributed by atoms with Crippen LogP contribution in [0.15, 0.2) is 42.5 Å². The van der Waals surface area contributed by atoms with Crippen LogP contribution in [0.1, 0.15) is 11.1 Å². The van der Waals surface area contributed by atoms with E-state index in [4.69, 9.17) is 32.7 Å². The lowest BCUT2D eigenvalue weighted by Crippen LogP contribution is -2.23. The molecule has 6 heteroatoms. The molecule has 4 nitrogen and oxygen atoms in total. The van der Waals surface area contributed by atoms with Gasteiger partial charge in [-0.15, -0.1) is 0 Å². The van der Waals surface area contributed by atoms with Gasteiger partial charge >= 0.3 is 0 Å². The Hall–Kier alpha value is -2.17. The quantitative estimate of drug-likeness (QED) is 0.725. The molecular formula is C19H19Cl2NO3. The Labute approximate surface area is 157 Å². The summed E-state index contributed by atoms with van der Waals surface area (Å²) in [5.74, 6) is 1.05. The van der Waals surface area contributed by atoms with E-state index < -0.39 is 0 Å². The van der Waals surface area contributed by atoms with Gasteiger partial charge in [0.1, 0.15) is 0 Å². The van der Waals surface area contributed by atoms with Gasteiger partial charge in [0.15, 0.2) is 11.5 Å². The second kappa shape index (κ2) is 9.35. The van der Waals surface area contributed by atoms with E-state index >= 15 is 0 Å². The number of ether oxygens (including phenoxy) is 2. The van der Waals surface area contributed by atoms with Gasteiger partial charge in [-0.05, 0) is 47.9 Å². The molecule has 0 radical (unpaired) electrons. The number of halogens is 2. The molecule has 0 spiro atoms. The molecule has 0 fully saturated rings. The van der Waals surface area contributed by atoms with Crippen molar-refractivity contribution >= 4 is 35.2 Å². The lowest BCUT2D eigenvalue weighted by Gasteiger charge is -2.08. The van der Waals surface area contributed by atoms with Gasteiger partial charge in [-0.3, -0.25) is 4.79 Å². The number of amides is 1. The Bertz CT molecular complexity index is 755. The summed E-state index contributed by atoms with van der Waals surface area (Å²) >= 11 is 12.2. The first-order valence-electron chi connectivity index (χ1n) is 7.66. The second-order valence-corrected chi connectivity index (χ2v) is 6.00. The molecule has 2 rings (SSSR count). The van der Waals surface area contributed by atoms with Crippen LogP contribution in [0.5, 0.6) is 11.5 Å². The summed E-state index contributed by atoms with van der Waals surface area (Å²) in [5, 5.41) is 4.01. The number of carbonyl (C=O) groups is 1. The van der Waals surface area contributed by atoms with Crippen LogP contribution in [0, 0.1) is 0 Å². The van der Waals surface area contributed by atoms with Crippen LogP contribution in [0.4, 0.5) is 0 Å². The first kappa shape index (κ1) is 19.2. The fourth-order valence-corrected chi connectivity index (χ4v) is 2.86. The lowest BCUT2D eigenvalue weighted by atomic mass is 10.1. The van der Waals surface area contributed by atoms with E-state index in [1.807, 2.05) is 6.07 Å². The van der Waals surface area contributed by atoms with Crippen molar-refractivity contribution in [3.63, 3.8) is 0 Å². The van der Waals surface area contributed by atoms with Crippen molar-refractivity contribution in [2.24, 2.45) is 0 Å². The first-order valence-corrected chi connectivity index (χ1v) is 8.41. The molecule has 0 heterocycles. The molecule has 2 aromatic carbocycles. The monoisotopic (exact) mass is 379 g/mol. The van der Waals surface area contributed by atoms with E-state index in [1.54, 1.807) is 50.6 Å². The van der Waals surface area contributed by atoms with E-state index in [-0.39, 0.29) is 5.91 Å². The van der Waals surface area contributed by atoms with E-state index in [2.05, 4.69) is 5.32 Å². The van der Waals surface area contributed by atoms with Gasteiger partial charge in [-0.25, -0.2) is 0 Å². The molecule has 0 saturated carbocycles. The van der Waals surface area contributed by atoms with E-state index in [0.29, 0.717) is 34.5 Å². The number of methoxy groups -OCH3 is 2. The average Bonchev–Trinajstić information content (AvgIpc) is 2.62. The smallest absolute Gasteiger partial charge is 0.244 e. The normalized spacial score (nSPS) is 10.7. The maximum absolute atomic E-state index is 11.9. The zero-order valence-corrected chi connectivity index (χ0v) is 15.5. The Morgan fingerprint density at radius 1 is 1.08 bits per heavy atom. The predicted molar refractivity (Wildman–Crippen MR) is 102 cm³/mol. The molecule has 0 aliphatic heterocycles. The Morgan fingerprint density at radius 2 is 1.76 bits per heavy atom. The Kier molecular flexibility index (Phi) is 7.16. The summed E-state index contributed by atoms with van der Waals surface area (Å²) in [6, 6.07) is 10.8. The molecule has 0 saturated heterocycles. The molecule has 25 heavy (non-hydrogen) atoms. The third kappa shape index (κ3) is 5.41. The minimum atomic E-state index is -0.196. The van der Waals surface area contributed by atoms with Crippen molar-refractivity contribution in [3.05, 3.63) is 63.6 Å². The van der Waals surface area contributed by atoms with Crippen LogP contribution in [-0.2, 0) is 11.2 Å². The summed E-state index contributed by atoms with van der Waals surface area (Å²) < 4.78 is 10.4. The van der Waals surface area contributed by atoms with Crippen molar-refractivity contribution in [2.75, 3.05) is 20.8 Å². The maximum atomic E-state index is 11.9. The summed E-state index contributed by atoms with van der Waals surface area (Å²) in [6.07, 6.45) is 3.74. The van der Waals surface area contributed by atoms with Gasteiger partial charge in [-0.2, -0.15) is 0 Å². The van der Waals surface area contributed by atoms with Crippen molar-refractivity contribution in [3.8, 4) is 11.5 Å². The van der Waals surface area contributed by atoms with E-state index in [1.165, 1.54) is 6.08 Å². The van der Waals surface area contributed by atoms with Crippen LogP contribution in [0.3, 0.4) is 0 Å². The standard InChI is InChI=1S/C19H19Cl2NO3/c1-24-17-8-6-13(12-18(17)25-2)7-9-19(23)22-11-10-14-15(20)4-3-5-16(14)21/h3-9,12H,10-11H2,1-2H3,(H,22,23)/b9-7+. The maximum Gasteiger partial charge on any atom is 0.244 e. The van der Waals surface area contributed by atoms with Gasteiger partial charge < -0.3 is 14.8 Å². The van der Waals surface area contributed by atoms with Gasteiger partial charge in [0, 0.05) is 22.7 Å². The minimum Gasteiger partial charge on any atom is -0.493 e. The van der Waals surface area contributed by atoms with Crippen LogP contribution in [-0.4, -0.2) is 26.7 Å². The number of hydrogen-bond donors (Lipinski definition) is 1. The van der Waals surface area contributed by atoms with Crippen LogP contribution in [0.25, 0.3) is 6.08 Å². The number of rotatable bonds is 7. The second-order valence-electron chi connectivity index (χ2n) is 5.19. The SMILES string of the molecule is COc1ccc(/C=C/C(=O)NCCc2c(Cl)cccc2Cl)cc1OC. The van der Waals surface area contributed by atoms with Gasteiger partial charge in [0.2, 0.25) is 5.91 Å². The van der Waals surface area contributed by atoms with Crippen molar-refractivity contribution < 1.29 is 14.3 Å². The van der Waals surface area contributed by atoms with Crippen molar-refractivity contribution in [1.82, 2.24) is 5.32 Å². The topological polar surface area (TPSA) is 47.6 Å². The molecule has 0 aliphatic rings. The number of carbonyl (C=O) groups excluding carboxylic acids is 1. The van der Waals surface area contributed by atoms with E-state index in [0.717, 1.165) is 11.1 Å². The molecular weight excluding hydrogens is 361 g/mol. The summed E-state index contributed by atoms with van der Waals surface area (Å²) in [6.45, 7) is 0.443. The minimum absolute atomic E-state index is 0.196.